The highest BCUT2D eigenvalue weighted by Crippen LogP contribution is 2.24. The molecule has 1 aromatic rings. The van der Waals surface area contributed by atoms with Crippen molar-refractivity contribution in [3.05, 3.63) is 29.3 Å². The van der Waals surface area contributed by atoms with Crippen molar-refractivity contribution in [2.45, 2.75) is 19.4 Å². The van der Waals surface area contributed by atoms with Crippen LogP contribution in [0.4, 0.5) is 13.6 Å². The number of nitrogens with zero attached hydrogens (tertiary/aromatic N) is 1. The number of alkyl carbamates (subject to hydrolysis) is 1. The van der Waals surface area contributed by atoms with Crippen LogP contribution in [-0.4, -0.2) is 68.7 Å². The highest BCUT2D eigenvalue weighted by molar-refractivity contribution is 5.96. The predicted octanol–water partition coefficient (Wildman–Crippen LogP) is 1.52. The van der Waals surface area contributed by atoms with E-state index < -0.39 is 29.6 Å². The van der Waals surface area contributed by atoms with Crippen molar-refractivity contribution in [1.82, 2.24) is 10.2 Å². The topological polar surface area (TPSA) is 94.2 Å². The van der Waals surface area contributed by atoms with Gasteiger partial charge in [-0.3, -0.25) is 9.59 Å². The van der Waals surface area contributed by atoms with Crippen LogP contribution in [0, 0.1) is 11.6 Å². The van der Waals surface area contributed by atoms with Crippen LogP contribution in [0.5, 0.6) is 5.75 Å². The molecule has 2 rings (SSSR count). The van der Waals surface area contributed by atoms with E-state index in [0.717, 1.165) is 12.1 Å². The van der Waals surface area contributed by atoms with Crippen molar-refractivity contribution in [3.63, 3.8) is 0 Å². The van der Waals surface area contributed by atoms with E-state index in [1.54, 1.807) is 6.92 Å². The van der Waals surface area contributed by atoms with Crippen molar-refractivity contribution in [2.24, 2.45) is 0 Å². The van der Waals surface area contributed by atoms with Gasteiger partial charge in [-0.1, -0.05) is 6.92 Å². The number of hydrogen-bond donors (Lipinski definition) is 1. The molecule has 0 bridgehead atoms. The van der Waals surface area contributed by atoms with E-state index in [1.807, 2.05) is 0 Å². The Morgan fingerprint density at radius 3 is 2.57 bits per heavy atom. The van der Waals surface area contributed by atoms with E-state index in [-0.39, 0.29) is 50.0 Å². The largest absolute Gasteiger partial charge is 0.485 e. The lowest BCUT2D eigenvalue weighted by Crippen LogP contribution is -2.50. The van der Waals surface area contributed by atoms with E-state index in [2.05, 4.69) is 10.1 Å². The van der Waals surface area contributed by atoms with Crippen molar-refractivity contribution in [2.75, 3.05) is 40.0 Å². The van der Waals surface area contributed by atoms with Gasteiger partial charge in [-0.05, 0) is 12.1 Å². The van der Waals surface area contributed by atoms with Crippen LogP contribution in [0.3, 0.4) is 0 Å². The van der Waals surface area contributed by atoms with Gasteiger partial charge in [0.2, 0.25) is 5.91 Å². The van der Waals surface area contributed by atoms with Gasteiger partial charge in [-0.25, -0.2) is 13.6 Å². The maximum absolute atomic E-state index is 14.1. The molecule has 0 spiro atoms. The summed E-state index contributed by atoms with van der Waals surface area (Å²) in [5.74, 6) is -3.30. The fraction of sp³-hybridized carbons (Fsp3) is 0.500. The second-order valence-electron chi connectivity index (χ2n) is 6.03. The fourth-order valence-electron chi connectivity index (χ4n) is 2.62. The molecule has 1 atom stereocenters. The van der Waals surface area contributed by atoms with Crippen LogP contribution in [0.1, 0.15) is 23.7 Å². The van der Waals surface area contributed by atoms with Crippen molar-refractivity contribution in [1.29, 1.82) is 0 Å². The normalized spacial score (nSPS) is 16.4. The molecule has 0 saturated carbocycles. The average Bonchev–Trinajstić information content (AvgIpc) is 2.70. The number of Topliss-reactive ketones (excluding diaryl/α,β-unsaturated/α-hetero) is 1. The highest BCUT2D eigenvalue weighted by Gasteiger charge is 2.26. The van der Waals surface area contributed by atoms with Crippen LogP contribution in [0.2, 0.25) is 0 Å². The van der Waals surface area contributed by atoms with Crippen molar-refractivity contribution >= 4 is 17.8 Å². The molecule has 154 valence electrons. The van der Waals surface area contributed by atoms with Crippen LogP contribution in [0.25, 0.3) is 0 Å². The summed E-state index contributed by atoms with van der Waals surface area (Å²) in [6.07, 6.45) is -1.20. The van der Waals surface area contributed by atoms with E-state index >= 15 is 0 Å². The third-order valence-electron chi connectivity index (χ3n) is 4.12. The number of hydrogen-bond acceptors (Lipinski definition) is 6. The first kappa shape index (κ1) is 21.5. The molecule has 2 amide bonds. The standard InChI is InChI=1S/C18H22F2N2O6/c1-3-15(23)11-6-13(19)17(14(20)7-11)28-10-12-9-22(4-5-27-12)16(24)8-21-18(25)26-2/h6-7,12H,3-5,8-10H2,1-2H3,(H,21,25). The molecule has 1 aliphatic rings. The number of carbonyl (C=O) groups excluding carboxylic acids is 3. The van der Waals surface area contributed by atoms with Crippen molar-refractivity contribution in [3.8, 4) is 5.75 Å². The Bertz CT molecular complexity index is 720. The van der Waals surface area contributed by atoms with Crippen LogP contribution in [-0.2, 0) is 14.3 Å². The molecule has 1 aromatic carbocycles. The average molecular weight is 400 g/mol. The van der Waals surface area contributed by atoms with E-state index in [4.69, 9.17) is 9.47 Å². The number of halogens is 2. The van der Waals surface area contributed by atoms with E-state index in [1.165, 1.54) is 12.0 Å². The molecule has 8 nitrogen and oxygen atoms in total. The first-order valence-electron chi connectivity index (χ1n) is 8.71. The van der Waals surface area contributed by atoms with Gasteiger partial charge in [0.05, 0.1) is 20.3 Å². The molecule has 10 heteroatoms. The van der Waals surface area contributed by atoms with Crippen LogP contribution in [0.15, 0.2) is 12.1 Å². The Kier molecular flexibility index (Phi) is 7.68. The zero-order valence-corrected chi connectivity index (χ0v) is 15.6. The van der Waals surface area contributed by atoms with Crippen molar-refractivity contribution < 1.29 is 37.4 Å². The number of morpholine rings is 1. The minimum Gasteiger partial charge on any atom is -0.485 e. The van der Waals surface area contributed by atoms with Gasteiger partial charge in [0.25, 0.3) is 0 Å². The first-order chi connectivity index (χ1) is 13.3. The summed E-state index contributed by atoms with van der Waals surface area (Å²) in [5, 5.41) is 2.29. The second kappa shape index (κ2) is 9.98. The molecule has 1 aliphatic heterocycles. The molecule has 1 saturated heterocycles. The summed E-state index contributed by atoms with van der Waals surface area (Å²) in [7, 11) is 1.19. The maximum Gasteiger partial charge on any atom is 0.407 e. The van der Waals surface area contributed by atoms with Gasteiger partial charge >= 0.3 is 6.09 Å². The lowest BCUT2D eigenvalue weighted by atomic mass is 10.1. The van der Waals surface area contributed by atoms with Crippen LogP contribution < -0.4 is 10.1 Å². The summed E-state index contributed by atoms with van der Waals surface area (Å²) in [5.41, 5.74) is -0.0614. The number of nitrogens with one attached hydrogen (secondary N) is 1. The van der Waals surface area contributed by atoms with Gasteiger partial charge in [0, 0.05) is 18.5 Å². The Hall–Kier alpha value is -2.75. The summed E-state index contributed by atoms with van der Waals surface area (Å²) in [6.45, 7) is 1.83. The van der Waals surface area contributed by atoms with Gasteiger partial charge in [0.1, 0.15) is 19.3 Å². The zero-order chi connectivity index (χ0) is 20.7. The quantitative estimate of drug-likeness (QED) is 0.698. The monoisotopic (exact) mass is 400 g/mol. The number of rotatable bonds is 7. The Morgan fingerprint density at radius 1 is 1.29 bits per heavy atom. The predicted molar refractivity (Wildman–Crippen MR) is 93.2 cm³/mol. The number of ether oxygens (including phenoxy) is 3. The molecular weight excluding hydrogens is 378 g/mol. The third-order valence-corrected chi connectivity index (χ3v) is 4.12. The second-order valence-corrected chi connectivity index (χ2v) is 6.03. The summed E-state index contributed by atoms with van der Waals surface area (Å²) >= 11 is 0. The Morgan fingerprint density at radius 2 is 1.96 bits per heavy atom. The minimum absolute atomic E-state index is 0.0614. The molecule has 1 N–H and O–H groups in total. The number of benzene rings is 1. The molecule has 1 heterocycles. The smallest absolute Gasteiger partial charge is 0.407 e. The summed E-state index contributed by atoms with van der Waals surface area (Å²) in [4.78, 5) is 36.1. The number of methoxy groups -OCH3 is 1. The molecule has 0 radical (unpaired) electrons. The van der Waals surface area contributed by atoms with Crippen LogP contribution >= 0.6 is 0 Å². The molecule has 0 aliphatic carbocycles. The molecule has 0 aromatic heterocycles. The number of ketones is 1. The van der Waals surface area contributed by atoms with Gasteiger partial charge in [0.15, 0.2) is 23.2 Å². The number of amides is 2. The Balaban J connectivity index is 1.93. The van der Waals surface area contributed by atoms with E-state index in [0.29, 0.717) is 6.54 Å². The Labute approximate surface area is 160 Å². The third kappa shape index (κ3) is 5.62. The SMILES string of the molecule is CCC(=O)c1cc(F)c(OCC2CN(C(=O)CNC(=O)OC)CCO2)c(F)c1. The van der Waals surface area contributed by atoms with Gasteiger partial charge < -0.3 is 24.4 Å². The minimum atomic E-state index is -0.984. The molecular formula is C18H22F2N2O6. The fourth-order valence-corrected chi connectivity index (χ4v) is 2.62. The lowest BCUT2D eigenvalue weighted by Gasteiger charge is -2.32. The maximum atomic E-state index is 14.1. The molecule has 28 heavy (non-hydrogen) atoms. The lowest BCUT2D eigenvalue weighted by molar-refractivity contribution is -0.138. The van der Waals surface area contributed by atoms with Gasteiger partial charge in [-0.2, -0.15) is 0 Å². The summed E-state index contributed by atoms with van der Waals surface area (Å²) in [6, 6.07) is 1.86. The number of carbonyl (C=O) groups is 3. The highest BCUT2D eigenvalue weighted by atomic mass is 19.1. The zero-order valence-electron chi connectivity index (χ0n) is 15.6. The molecule has 1 unspecified atom stereocenters. The molecule has 1 fully saturated rings. The summed E-state index contributed by atoms with van der Waals surface area (Å²) < 4.78 is 43.3. The van der Waals surface area contributed by atoms with E-state index in [9.17, 15) is 23.2 Å². The van der Waals surface area contributed by atoms with Gasteiger partial charge in [-0.15, -0.1) is 0 Å². The first-order valence-corrected chi connectivity index (χ1v) is 8.71.